The molecule has 1 aliphatic heterocycles. The highest BCUT2D eigenvalue weighted by atomic mass is 35.5. The Bertz CT molecular complexity index is 1080. The van der Waals surface area contributed by atoms with Crippen LogP contribution >= 0.6 is 11.6 Å². The Kier molecular flexibility index (Phi) is 5.85. The maximum absolute atomic E-state index is 13.4. The first kappa shape index (κ1) is 21.5. The number of benzene rings is 1. The number of nitrogens with zero attached hydrogens (tertiary/aromatic N) is 1. The third-order valence-electron chi connectivity index (χ3n) is 5.93. The van der Waals surface area contributed by atoms with Crippen molar-refractivity contribution in [1.29, 1.82) is 0 Å². The highest BCUT2D eigenvalue weighted by Crippen LogP contribution is 2.30. The number of carbonyl (C=O) groups is 3. The van der Waals surface area contributed by atoms with E-state index >= 15 is 0 Å². The van der Waals surface area contributed by atoms with Gasteiger partial charge in [-0.25, -0.2) is 4.39 Å². The molecule has 31 heavy (non-hydrogen) atoms. The number of halogens is 2. The lowest BCUT2D eigenvalue weighted by Gasteiger charge is -2.31. The van der Waals surface area contributed by atoms with Crippen LogP contribution < -0.4 is 10.6 Å². The predicted octanol–water partition coefficient (Wildman–Crippen LogP) is 3.00. The van der Waals surface area contributed by atoms with Crippen LogP contribution in [0.5, 0.6) is 0 Å². The van der Waals surface area contributed by atoms with Gasteiger partial charge in [0.25, 0.3) is 17.6 Å². The highest BCUT2D eigenvalue weighted by molar-refractivity contribution is 6.43. The second kappa shape index (κ2) is 8.43. The van der Waals surface area contributed by atoms with Crippen LogP contribution in [0.1, 0.15) is 57.8 Å². The van der Waals surface area contributed by atoms with E-state index in [2.05, 4.69) is 10.6 Å². The molecule has 0 atom stereocenters. The first-order chi connectivity index (χ1) is 14.8. The number of aromatic nitrogens is 1. The van der Waals surface area contributed by atoms with Crippen molar-refractivity contribution in [3.05, 3.63) is 51.6 Å². The Morgan fingerprint density at radius 3 is 2.65 bits per heavy atom. The fraction of sp³-hybridized carbons (Fsp3) is 0.409. The molecule has 9 heteroatoms. The molecule has 1 saturated carbocycles. The lowest BCUT2D eigenvalue weighted by molar-refractivity contribution is -0.119. The van der Waals surface area contributed by atoms with Crippen molar-refractivity contribution in [3.8, 4) is 0 Å². The van der Waals surface area contributed by atoms with E-state index in [4.69, 9.17) is 11.6 Å². The number of amides is 2. The van der Waals surface area contributed by atoms with Crippen LogP contribution in [0.25, 0.3) is 0 Å². The molecule has 1 fully saturated rings. The Hall–Kier alpha value is -2.71. The summed E-state index contributed by atoms with van der Waals surface area (Å²) in [5.41, 5.74) is 2.06. The summed E-state index contributed by atoms with van der Waals surface area (Å²) in [6.07, 6.45) is 2.73. The third-order valence-corrected chi connectivity index (χ3v) is 6.22. The zero-order valence-electron chi connectivity index (χ0n) is 17.0. The number of hydrogen-bond donors (Lipinski definition) is 3. The van der Waals surface area contributed by atoms with Gasteiger partial charge in [-0.2, -0.15) is 0 Å². The minimum absolute atomic E-state index is 0.109. The number of Topliss-reactive ketones (excluding diaryl/α,β-unsaturated/α-hetero) is 1. The molecule has 7 nitrogen and oxygen atoms in total. The molecule has 0 radical (unpaired) electrons. The summed E-state index contributed by atoms with van der Waals surface area (Å²) in [6, 6.07) is 3.67. The summed E-state index contributed by atoms with van der Waals surface area (Å²) in [5.74, 6) is -2.45. The minimum Gasteiger partial charge on any atom is -0.393 e. The monoisotopic (exact) mass is 447 g/mol. The Morgan fingerprint density at radius 2 is 1.97 bits per heavy atom. The molecule has 1 aromatic heterocycles. The molecule has 1 aromatic carbocycles. The molecule has 2 amide bonds. The molecule has 0 spiro atoms. The zero-order chi connectivity index (χ0) is 22.3. The van der Waals surface area contributed by atoms with Gasteiger partial charge in [0.2, 0.25) is 0 Å². The van der Waals surface area contributed by atoms with Crippen LogP contribution in [0.15, 0.2) is 18.2 Å². The normalized spacial score (nSPS) is 19.9. The first-order valence-electron chi connectivity index (χ1n) is 10.3. The number of ketones is 1. The number of hydrogen-bond acceptors (Lipinski definition) is 4. The average Bonchev–Trinajstić information content (AvgIpc) is 3.00. The van der Waals surface area contributed by atoms with Crippen molar-refractivity contribution in [2.45, 2.75) is 57.7 Å². The number of rotatable bonds is 5. The van der Waals surface area contributed by atoms with Crippen LogP contribution in [-0.4, -0.2) is 39.4 Å². The number of nitrogens with one attached hydrogen (secondary N) is 2. The summed E-state index contributed by atoms with van der Waals surface area (Å²) in [6.45, 7) is 2.20. The Labute approximate surface area is 183 Å². The van der Waals surface area contributed by atoms with Gasteiger partial charge in [-0.05, 0) is 62.8 Å². The van der Waals surface area contributed by atoms with Crippen molar-refractivity contribution in [3.63, 3.8) is 0 Å². The summed E-state index contributed by atoms with van der Waals surface area (Å²) < 4.78 is 15.2. The van der Waals surface area contributed by atoms with Crippen molar-refractivity contribution in [2.75, 3.05) is 5.32 Å². The first-order valence-corrected chi connectivity index (χ1v) is 10.7. The Morgan fingerprint density at radius 1 is 1.23 bits per heavy atom. The molecule has 164 valence electrons. The van der Waals surface area contributed by atoms with Crippen LogP contribution in [-0.2, 0) is 17.8 Å². The smallest absolute Gasteiger partial charge is 0.294 e. The van der Waals surface area contributed by atoms with E-state index in [-0.39, 0.29) is 16.8 Å². The molecule has 2 heterocycles. The molecule has 2 aliphatic rings. The molecular weight excluding hydrogens is 425 g/mol. The van der Waals surface area contributed by atoms with E-state index in [1.165, 1.54) is 12.1 Å². The molecule has 0 bridgehead atoms. The van der Waals surface area contributed by atoms with Crippen LogP contribution in [0.2, 0.25) is 5.02 Å². The van der Waals surface area contributed by atoms with Gasteiger partial charge in [-0.15, -0.1) is 0 Å². The topological polar surface area (TPSA) is 100 Å². The summed E-state index contributed by atoms with van der Waals surface area (Å²) in [4.78, 5) is 38.6. The van der Waals surface area contributed by atoms with E-state index in [9.17, 15) is 23.9 Å². The van der Waals surface area contributed by atoms with E-state index in [0.717, 1.165) is 18.9 Å². The van der Waals surface area contributed by atoms with E-state index in [0.29, 0.717) is 48.3 Å². The van der Waals surface area contributed by atoms with E-state index < -0.39 is 29.5 Å². The van der Waals surface area contributed by atoms with Gasteiger partial charge < -0.3 is 20.3 Å². The maximum Gasteiger partial charge on any atom is 0.294 e. The standard InChI is InChI=1S/C22H23ClFN3O4/c1-11-18(21(30)25-12-5-6-16(24)15(23)10-12)17-4-2-3-7-27(17)19(11)20(29)22(31)26-13-8-14(28)9-13/h5-6,10,13-14,28H,2-4,7-9H2,1H3,(H,25,30)(H,26,31)/t13-,14-. The third kappa shape index (κ3) is 4.09. The molecule has 2 aromatic rings. The van der Waals surface area contributed by atoms with Gasteiger partial charge in [-0.3, -0.25) is 14.4 Å². The van der Waals surface area contributed by atoms with Crippen LogP contribution in [0, 0.1) is 12.7 Å². The van der Waals surface area contributed by atoms with Gasteiger partial charge in [0, 0.05) is 24.0 Å². The zero-order valence-corrected chi connectivity index (χ0v) is 17.8. The van der Waals surface area contributed by atoms with Gasteiger partial charge >= 0.3 is 0 Å². The second-order valence-electron chi connectivity index (χ2n) is 8.11. The van der Waals surface area contributed by atoms with Crippen molar-refractivity contribution in [1.82, 2.24) is 9.88 Å². The second-order valence-corrected chi connectivity index (χ2v) is 8.52. The van der Waals surface area contributed by atoms with Crippen LogP contribution in [0.3, 0.4) is 0 Å². The number of aliphatic hydroxyl groups is 1. The Balaban J connectivity index is 1.63. The summed E-state index contributed by atoms with van der Waals surface area (Å²) >= 11 is 5.80. The predicted molar refractivity (Wildman–Crippen MR) is 113 cm³/mol. The van der Waals surface area contributed by atoms with Gasteiger partial charge in [-0.1, -0.05) is 11.6 Å². The van der Waals surface area contributed by atoms with Gasteiger partial charge in [0.05, 0.1) is 22.4 Å². The molecule has 3 N–H and O–H groups in total. The quantitative estimate of drug-likeness (QED) is 0.484. The number of anilines is 1. The minimum atomic E-state index is -0.733. The molecule has 1 aliphatic carbocycles. The SMILES string of the molecule is Cc1c(C(=O)Nc2ccc(F)c(Cl)c2)c2n(c1C(=O)C(=O)N[C@H]1C[C@H](O)C1)CCCC2. The van der Waals surface area contributed by atoms with Crippen molar-refractivity contribution in [2.24, 2.45) is 0 Å². The molecule has 0 saturated heterocycles. The summed E-state index contributed by atoms with van der Waals surface area (Å²) in [7, 11) is 0. The fourth-order valence-corrected chi connectivity index (χ4v) is 4.48. The van der Waals surface area contributed by atoms with E-state index in [1.807, 2.05) is 0 Å². The number of aliphatic hydroxyl groups excluding tert-OH is 1. The summed E-state index contributed by atoms with van der Waals surface area (Å²) in [5, 5.41) is 14.7. The van der Waals surface area contributed by atoms with Crippen LogP contribution in [0.4, 0.5) is 10.1 Å². The molecule has 4 rings (SSSR count). The lowest BCUT2D eigenvalue weighted by Crippen LogP contribution is -2.49. The van der Waals surface area contributed by atoms with Crippen molar-refractivity contribution >= 4 is 34.9 Å². The number of fused-ring (bicyclic) bond motifs is 1. The fourth-order valence-electron chi connectivity index (χ4n) is 4.30. The average molecular weight is 448 g/mol. The van der Waals surface area contributed by atoms with Gasteiger partial charge in [0.15, 0.2) is 0 Å². The molecular formula is C22H23ClFN3O4. The lowest BCUT2D eigenvalue weighted by atomic mass is 9.89. The highest BCUT2D eigenvalue weighted by Gasteiger charge is 2.35. The largest absolute Gasteiger partial charge is 0.393 e. The van der Waals surface area contributed by atoms with Gasteiger partial charge in [0.1, 0.15) is 5.82 Å². The molecule has 0 unspecified atom stereocenters. The van der Waals surface area contributed by atoms with Crippen molar-refractivity contribution < 1.29 is 23.9 Å². The number of carbonyl (C=O) groups excluding carboxylic acids is 3. The van der Waals surface area contributed by atoms with E-state index in [1.54, 1.807) is 11.5 Å². The maximum atomic E-state index is 13.4.